The van der Waals surface area contributed by atoms with Gasteiger partial charge in [-0.1, -0.05) is 0 Å². The number of benzene rings is 1. The van der Waals surface area contributed by atoms with Crippen LogP contribution in [-0.2, 0) is 15.5 Å². The van der Waals surface area contributed by atoms with E-state index in [4.69, 9.17) is 15.0 Å². The highest BCUT2D eigenvalue weighted by molar-refractivity contribution is 6.62. The summed E-state index contributed by atoms with van der Waals surface area (Å²) < 4.78 is 62.6. The van der Waals surface area contributed by atoms with E-state index in [1.807, 2.05) is 0 Å². The Morgan fingerprint density at radius 1 is 1.32 bits per heavy atom. The molecule has 19 heavy (non-hydrogen) atoms. The molecule has 0 spiro atoms. The molecule has 0 unspecified atom stereocenters. The number of hydrogen-bond acceptors (Lipinski definition) is 3. The topological polar surface area (TPSA) is 44.5 Å². The Bertz CT molecular complexity index is 504. The summed E-state index contributed by atoms with van der Waals surface area (Å²) in [7, 11) is -1.25. The SMILES string of the molecule is CC1(C)COB(c2cc(F)c(N)cc2C(F)(F)F)O1. The highest BCUT2D eigenvalue weighted by Crippen LogP contribution is 2.32. The Kier molecular flexibility index (Phi) is 3.26. The van der Waals surface area contributed by atoms with Gasteiger partial charge in [0, 0.05) is 0 Å². The molecule has 1 aliphatic heterocycles. The fourth-order valence-corrected chi connectivity index (χ4v) is 1.83. The monoisotopic (exact) mass is 277 g/mol. The second-order valence-electron chi connectivity index (χ2n) is 4.98. The van der Waals surface area contributed by atoms with Crippen molar-refractivity contribution in [3.63, 3.8) is 0 Å². The lowest BCUT2D eigenvalue weighted by molar-refractivity contribution is -0.136. The van der Waals surface area contributed by atoms with E-state index in [1.165, 1.54) is 0 Å². The quantitative estimate of drug-likeness (QED) is 0.484. The van der Waals surface area contributed by atoms with Crippen LogP contribution in [0.3, 0.4) is 0 Å². The molecule has 1 saturated heterocycles. The third-order valence-corrected chi connectivity index (χ3v) is 2.74. The Balaban J connectivity index is 2.47. The summed E-state index contributed by atoms with van der Waals surface area (Å²) in [6.07, 6.45) is -4.66. The molecule has 0 amide bonds. The summed E-state index contributed by atoms with van der Waals surface area (Å²) in [4.78, 5) is 0. The third kappa shape index (κ3) is 2.84. The molecule has 104 valence electrons. The molecular formula is C11H12BF4NO2. The maximum Gasteiger partial charge on any atom is 0.495 e. The van der Waals surface area contributed by atoms with Gasteiger partial charge in [0.1, 0.15) is 5.82 Å². The first-order valence-corrected chi connectivity index (χ1v) is 5.56. The fraction of sp³-hybridized carbons (Fsp3) is 0.455. The van der Waals surface area contributed by atoms with Gasteiger partial charge in [-0.2, -0.15) is 13.2 Å². The van der Waals surface area contributed by atoms with Crippen molar-refractivity contribution in [2.24, 2.45) is 0 Å². The molecule has 0 saturated carbocycles. The van der Waals surface area contributed by atoms with Gasteiger partial charge in [-0.05, 0) is 31.4 Å². The molecule has 0 radical (unpaired) electrons. The molecule has 1 aliphatic rings. The van der Waals surface area contributed by atoms with Crippen LogP contribution < -0.4 is 11.2 Å². The average molecular weight is 277 g/mol. The van der Waals surface area contributed by atoms with E-state index in [1.54, 1.807) is 13.8 Å². The van der Waals surface area contributed by atoms with Crippen LogP contribution in [0.15, 0.2) is 12.1 Å². The number of rotatable bonds is 1. The third-order valence-electron chi connectivity index (χ3n) is 2.74. The first-order chi connectivity index (χ1) is 8.60. The van der Waals surface area contributed by atoms with Gasteiger partial charge >= 0.3 is 13.3 Å². The number of halogens is 4. The molecule has 3 nitrogen and oxygen atoms in total. The number of nitrogen functional groups attached to an aromatic ring is 1. The maximum absolute atomic E-state index is 13.4. The van der Waals surface area contributed by atoms with Gasteiger partial charge in [0.25, 0.3) is 0 Å². The zero-order chi connectivity index (χ0) is 14.4. The van der Waals surface area contributed by atoms with Crippen LogP contribution in [-0.4, -0.2) is 19.3 Å². The van der Waals surface area contributed by atoms with Crippen molar-refractivity contribution in [2.45, 2.75) is 25.6 Å². The zero-order valence-electron chi connectivity index (χ0n) is 10.3. The molecule has 8 heteroatoms. The zero-order valence-corrected chi connectivity index (χ0v) is 10.3. The molecule has 1 fully saturated rings. The van der Waals surface area contributed by atoms with E-state index in [0.717, 1.165) is 0 Å². The van der Waals surface area contributed by atoms with Crippen molar-refractivity contribution < 1.29 is 26.9 Å². The van der Waals surface area contributed by atoms with E-state index in [-0.39, 0.29) is 6.61 Å². The lowest BCUT2D eigenvalue weighted by Crippen LogP contribution is -2.39. The standard InChI is InChI=1S/C11H12BF4NO2/c1-10(2)5-18-12(19-10)7-4-8(13)9(17)3-6(7)11(14,15)16/h3-4H,5,17H2,1-2H3. The van der Waals surface area contributed by atoms with Crippen molar-refractivity contribution in [2.75, 3.05) is 12.3 Å². The molecule has 2 rings (SSSR count). The molecule has 0 aromatic heterocycles. The van der Waals surface area contributed by atoms with Crippen LogP contribution >= 0.6 is 0 Å². The van der Waals surface area contributed by atoms with Crippen LogP contribution in [0.2, 0.25) is 0 Å². The van der Waals surface area contributed by atoms with Gasteiger partial charge in [-0.3, -0.25) is 0 Å². The van der Waals surface area contributed by atoms with Crippen LogP contribution in [0.25, 0.3) is 0 Å². The lowest BCUT2D eigenvalue weighted by Gasteiger charge is -2.18. The predicted molar refractivity (Wildman–Crippen MR) is 62.3 cm³/mol. The first-order valence-electron chi connectivity index (χ1n) is 5.56. The average Bonchev–Trinajstić information content (AvgIpc) is 2.60. The largest absolute Gasteiger partial charge is 0.495 e. The number of anilines is 1. The Labute approximate surface area is 107 Å². The lowest BCUT2D eigenvalue weighted by atomic mass is 9.75. The minimum Gasteiger partial charge on any atom is -0.404 e. The summed E-state index contributed by atoms with van der Waals surface area (Å²) in [5, 5.41) is 0. The fourth-order valence-electron chi connectivity index (χ4n) is 1.83. The van der Waals surface area contributed by atoms with E-state index in [9.17, 15) is 17.6 Å². The van der Waals surface area contributed by atoms with Gasteiger partial charge in [-0.25, -0.2) is 4.39 Å². The van der Waals surface area contributed by atoms with E-state index >= 15 is 0 Å². The van der Waals surface area contributed by atoms with Gasteiger partial charge in [0.15, 0.2) is 0 Å². The van der Waals surface area contributed by atoms with E-state index < -0.39 is 41.4 Å². The molecular weight excluding hydrogens is 265 g/mol. The Morgan fingerprint density at radius 3 is 2.42 bits per heavy atom. The summed E-state index contributed by atoms with van der Waals surface area (Å²) in [6.45, 7) is 3.47. The summed E-state index contributed by atoms with van der Waals surface area (Å²) in [5.74, 6) is -0.931. The first kappa shape index (κ1) is 14.1. The van der Waals surface area contributed by atoms with Gasteiger partial charge < -0.3 is 15.0 Å². The van der Waals surface area contributed by atoms with Crippen LogP contribution in [0.1, 0.15) is 19.4 Å². The van der Waals surface area contributed by atoms with Crippen molar-refractivity contribution in [3.8, 4) is 0 Å². The van der Waals surface area contributed by atoms with Gasteiger partial charge in [-0.15, -0.1) is 0 Å². The maximum atomic E-state index is 13.4. The van der Waals surface area contributed by atoms with Gasteiger partial charge in [0.2, 0.25) is 0 Å². The van der Waals surface area contributed by atoms with Crippen LogP contribution in [0, 0.1) is 5.82 Å². The molecule has 1 aromatic carbocycles. The van der Waals surface area contributed by atoms with Crippen molar-refractivity contribution in [1.29, 1.82) is 0 Å². The summed E-state index contributed by atoms with van der Waals surface area (Å²) >= 11 is 0. The highest BCUT2D eigenvalue weighted by Gasteiger charge is 2.44. The Hall–Kier alpha value is -1.28. The highest BCUT2D eigenvalue weighted by atomic mass is 19.4. The molecule has 0 atom stereocenters. The second kappa shape index (κ2) is 4.38. The summed E-state index contributed by atoms with van der Waals surface area (Å²) in [6, 6.07) is 1.27. The summed E-state index contributed by atoms with van der Waals surface area (Å²) in [5.41, 5.74) is 2.46. The van der Waals surface area contributed by atoms with Crippen molar-refractivity contribution >= 4 is 18.3 Å². The minimum absolute atomic E-state index is 0.126. The number of nitrogens with two attached hydrogens (primary N) is 1. The smallest absolute Gasteiger partial charge is 0.404 e. The Morgan fingerprint density at radius 2 is 1.95 bits per heavy atom. The molecule has 0 aliphatic carbocycles. The van der Waals surface area contributed by atoms with Crippen LogP contribution in [0.4, 0.5) is 23.2 Å². The van der Waals surface area contributed by atoms with Crippen LogP contribution in [0.5, 0.6) is 0 Å². The molecule has 1 aromatic rings. The number of hydrogen-bond donors (Lipinski definition) is 1. The molecule has 1 heterocycles. The van der Waals surface area contributed by atoms with Crippen molar-refractivity contribution in [1.82, 2.24) is 0 Å². The normalized spacial score (nSPS) is 18.9. The molecule has 0 bridgehead atoms. The van der Waals surface area contributed by atoms with E-state index in [0.29, 0.717) is 12.1 Å². The predicted octanol–water partition coefficient (Wildman–Crippen LogP) is 1.95. The van der Waals surface area contributed by atoms with Gasteiger partial charge in [0.05, 0.1) is 23.5 Å². The minimum atomic E-state index is -4.66. The molecule has 2 N–H and O–H groups in total. The number of alkyl halides is 3. The second-order valence-corrected chi connectivity index (χ2v) is 4.98. The van der Waals surface area contributed by atoms with Crippen molar-refractivity contribution in [3.05, 3.63) is 23.5 Å². The van der Waals surface area contributed by atoms with E-state index in [2.05, 4.69) is 0 Å².